The van der Waals surface area contributed by atoms with Gasteiger partial charge in [-0.05, 0) is 12.0 Å². The molecule has 1 amide bonds. The van der Waals surface area contributed by atoms with Gasteiger partial charge in [0.2, 0.25) is 0 Å². The average molecular weight is 179 g/mol. The summed E-state index contributed by atoms with van der Waals surface area (Å²) in [6, 6.07) is 9.47. The molecule has 1 aromatic rings. The van der Waals surface area contributed by atoms with Crippen molar-refractivity contribution >= 4 is 6.09 Å². The zero-order valence-electron chi connectivity index (χ0n) is 7.53. The zero-order valence-corrected chi connectivity index (χ0v) is 7.53. The largest absolute Gasteiger partial charge is 0.465 e. The topological polar surface area (TPSA) is 49.3 Å². The van der Waals surface area contributed by atoms with Crippen LogP contribution in [0, 0.1) is 0 Å². The van der Waals surface area contributed by atoms with E-state index in [2.05, 4.69) is 5.32 Å². The van der Waals surface area contributed by atoms with Crippen LogP contribution in [0.2, 0.25) is 0 Å². The maximum absolute atomic E-state index is 10.4. The minimum atomic E-state index is -0.976. The summed E-state index contributed by atoms with van der Waals surface area (Å²) >= 11 is 0. The van der Waals surface area contributed by atoms with Gasteiger partial charge in [0.15, 0.2) is 0 Å². The van der Waals surface area contributed by atoms with E-state index in [1.54, 1.807) is 0 Å². The SMILES string of the molecule is CC[C@H](NC(=O)O)c1ccccc1. The first-order valence-corrected chi connectivity index (χ1v) is 4.28. The molecule has 0 saturated heterocycles. The maximum atomic E-state index is 10.4. The molecule has 0 aliphatic carbocycles. The van der Waals surface area contributed by atoms with Gasteiger partial charge in [-0.15, -0.1) is 0 Å². The van der Waals surface area contributed by atoms with Gasteiger partial charge >= 0.3 is 6.09 Å². The van der Waals surface area contributed by atoms with E-state index in [4.69, 9.17) is 5.11 Å². The first kappa shape index (κ1) is 9.58. The molecule has 70 valence electrons. The fourth-order valence-corrected chi connectivity index (χ4v) is 1.26. The van der Waals surface area contributed by atoms with E-state index in [0.29, 0.717) is 0 Å². The molecule has 1 atom stereocenters. The van der Waals surface area contributed by atoms with Gasteiger partial charge in [0, 0.05) is 0 Å². The Bertz CT molecular complexity index is 272. The first-order chi connectivity index (χ1) is 6.24. The van der Waals surface area contributed by atoms with Crippen LogP contribution in [0.4, 0.5) is 4.79 Å². The molecule has 0 bridgehead atoms. The Hall–Kier alpha value is -1.51. The summed E-state index contributed by atoms with van der Waals surface area (Å²) in [7, 11) is 0. The third-order valence-electron chi connectivity index (χ3n) is 1.91. The van der Waals surface area contributed by atoms with E-state index >= 15 is 0 Å². The molecule has 0 aliphatic heterocycles. The average Bonchev–Trinajstić information content (AvgIpc) is 2.15. The van der Waals surface area contributed by atoms with Crippen molar-refractivity contribution in [3.05, 3.63) is 35.9 Å². The molecule has 0 heterocycles. The van der Waals surface area contributed by atoms with Crippen LogP contribution in [0.5, 0.6) is 0 Å². The highest BCUT2D eigenvalue weighted by atomic mass is 16.4. The quantitative estimate of drug-likeness (QED) is 0.748. The number of carboxylic acid groups (broad SMARTS) is 1. The zero-order chi connectivity index (χ0) is 9.68. The highest BCUT2D eigenvalue weighted by Gasteiger charge is 2.10. The van der Waals surface area contributed by atoms with Crippen molar-refractivity contribution in [1.82, 2.24) is 5.32 Å². The molecule has 0 radical (unpaired) electrons. The van der Waals surface area contributed by atoms with E-state index in [1.165, 1.54) is 0 Å². The minimum absolute atomic E-state index is 0.0984. The lowest BCUT2D eigenvalue weighted by Crippen LogP contribution is -2.26. The van der Waals surface area contributed by atoms with Crippen molar-refractivity contribution in [3.63, 3.8) is 0 Å². The number of hydrogen-bond donors (Lipinski definition) is 2. The summed E-state index contributed by atoms with van der Waals surface area (Å²) in [5.41, 5.74) is 1.01. The number of rotatable bonds is 3. The van der Waals surface area contributed by atoms with Crippen LogP contribution in [0.1, 0.15) is 24.9 Å². The second-order valence-electron chi connectivity index (χ2n) is 2.82. The van der Waals surface area contributed by atoms with Crippen molar-refractivity contribution in [2.24, 2.45) is 0 Å². The Morgan fingerprint density at radius 2 is 2.08 bits per heavy atom. The molecule has 3 heteroatoms. The van der Waals surface area contributed by atoms with Crippen molar-refractivity contribution in [2.75, 3.05) is 0 Å². The molecule has 0 unspecified atom stereocenters. The van der Waals surface area contributed by atoms with Crippen LogP contribution >= 0.6 is 0 Å². The van der Waals surface area contributed by atoms with E-state index in [1.807, 2.05) is 37.3 Å². The molecule has 0 saturated carbocycles. The van der Waals surface area contributed by atoms with Gasteiger partial charge in [-0.1, -0.05) is 37.3 Å². The van der Waals surface area contributed by atoms with Gasteiger partial charge < -0.3 is 10.4 Å². The molecule has 3 nitrogen and oxygen atoms in total. The fourth-order valence-electron chi connectivity index (χ4n) is 1.26. The molecule has 2 N–H and O–H groups in total. The van der Waals surface area contributed by atoms with Gasteiger partial charge in [0.25, 0.3) is 0 Å². The number of amides is 1. The molecule has 1 aromatic carbocycles. The molecular weight excluding hydrogens is 166 g/mol. The summed E-state index contributed by atoms with van der Waals surface area (Å²) in [6.45, 7) is 1.95. The molecule has 0 spiro atoms. The van der Waals surface area contributed by atoms with Crippen LogP contribution in [-0.4, -0.2) is 11.2 Å². The molecular formula is C10H13NO2. The van der Waals surface area contributed by atoms with Gasteiger partial charge in [0.1, 0.15) is 0 Å². The number of nitrogens with one attached hydrogen (secondary N) is 1. The summed E-state index contributed by atoms with van der Waals surface area (Å²) < 4.78 is 0. The van der Waals surface area contributed by atoms with Crippen LogP contribution in [0.15, 0.2) is 30.3 Å². The fraction of sp³-hybridized carbons (Fsp3) is 0.300. The van der Waals surface area contributed by atoms with Gasteiger partial charge in [-0.3, -0.25) is 0 Å². The van der Waals surface area contributed by atoms with Crippen LogP contribution in [-0.2, 0) is 0 Å². The van der Waals surface area contributed by atoms with Crippen molar-refractivity contribution in [1.29, 1.82) is 0 Å². The lowest BCUT2D eigenvalue weighted by Gasteiger charge is -2.14. The standard InChI is InChI=1S/C10H13NO2/c1-2-9(11-10(12)13)8-6-4-3-5-7-8/h3-7,9,11H,2H2,1H3,(H,12,13)/t9-/m0/s1. The Morgan fingerprint density at radius 3 is 2.54 bits per heavy atom. The predicted octanol–water partition coefficient (Wildman–Crippen LogP) is 2.41. The predicted molar refractivity (Wildman–Crippen MR) is 50.6 cm³/mol. The van der Waals surface area contributed by atoms with E-state index in [-0.39, 0.29) is 6.04 Å². The van der Waals surface area contributed by atoms with E-state index < -0.39 is 6.09 Å². The second kappa shape index (κ2) is 4.50. The molecule has 13 heavy (non-hydrogen) atoms. The van der Waals surface area contributed by atoms with Gasteiger partial charge in [-0.25, -0.2) is 4.79 Å². The van der Waals surface area contributed by atoms with Crippen LogP contribution in [0.3, 0.4) is 0 Å². The van der Waals surface area contributed by atoms with E-state index in [0.717, 1.165) is 12.0 Å². The van der Waals surface area contributed by atoms with Crippen molar-refractivity contribution in [3.8, 4) is 0 Å². The Morgan fingerprint density at radius 1 is 1.46 bits per heavy atom. The maximum Gasteiger partial charge on any atom is 0.405 e. The first-order valence-electron chi connectivity index (χ1n) is 4.28. The third-order valence-corrected chi connectivity index (χ3v) is 1.91. The summed E-state index contributed by atoms with van der Waals surface area (Å²) in [4.78, 5) is 10.4. The lowest BCUT2D eigenvalue weighted by molar-refractivity contribution is 0.189. The number of hydrogen-bond acceptors (Lipinski definition) is 1. The Labute approximate surface area is 77.4 Å². The van der Waals surface area contributed by atoms with E-state index in [9.17, 15) is 4.79 Å². The molecule has 0 aliphatic rings. The molecule has 0 aromatic heterocycles. The highest BCUT2D eigenvalue weighted by Crippen LogP contribution is 2.15. The molecule has 1 rings (SSSR count). The highest BCUT2D eigenvalue weighted by molar-refractivity contribution is 5.65. The monoisotopic (exact) mass is 179 g/mol. The van der Waals surface area contributed by atoms with Crippen LogP contribution in [0.25, 0.3) is 0 Å². The Balaban J connectivity index is 2.73. The summed E-state index contributed by atoms with van der Waals surface area (Å²) in [6.07, 6.45) is -0.216. The lowest BCUT2D eigenvalue weighted by atomic mass is 10.1. The smallest absolute Gasteiger partial charge is 0.405 e. The normalized spacial score (nSPS) is 12.1. The Kier molecular flexibility index (Phi) is 3.31. The minimum Gasteiger partial charge on any atom is -0.465 e. The number of benzene rings is 1. The third kappa shape index (κ3) is 2.78. The van der Waals surface area contributed by atoms with Crippen molar-refractivity contribution < 1.29 is 9.90 Å². The summed E-state index contributed by atoms with van der Waals surface area (Å²) in [5, 5.41) is 11.0. The second-order valence-corrected chi connectivity index (χ2v) is 2.82. The summed E-state index contributed by atoms with van der Waals surface area (Å²) in [5.74, 6) is 0. The van der Waals surface area contributed by atoms with Gasteiger partial charge in [0.05, 0.1) is 6.04 Å². The van der Waals surface area contributed by atoms with Crippen molar-refractivity contribution in [2.45, 2.75) is 19.4 Å². The van der Waals surface area contributed by atoms with Gasteiger partial charge in [-0.2, -0.15) is 0 Å². The van der Waals surface area contributed by atoms with Crippen LogP contribution < -0.4 is 5.32 Å². The molecule has 0 fully saturated rings. The number of carbonyl (C=O) groups is 1.